The Balaban J connectivity index is 1.69. The highest BCUT2D eigenvalue weighted by Gasteiger charge is 2.32. The van der Waals surface area contributed by atoms with Crippen molar-refractivity contribution in [2.24, 2.45) is 7.05 Å². The largest absolute Gasteiger partial charge is 0.449 e. The van der Waals surface area contributed by atoms with Gasteiger partial charge >= 0.3 is 0 Å². The van der Waals surface area contributed by atoms with Crippen molar-refractivity contribution < 1.29 is 9.21 Å². The first-order valence-corrected chi connectivity index (χ1v) is 7.99. The van der Waals surface area contributed by atoms with Gasteiger partial charge in [0, 0.05) is 50.8 Å². The summed E-state index contributed by atoms with van der Waals surface area (Å²) in [5, 5.41) is 3.33. The van der Waals surface area contributed by atoms with E-state index in [1.807, 2.05) is 41.8 Å². The monoisotopic (exact) mass is 325 g/mol. The maximum absolute atomic E-state index is 13.0. The van der Waals surface area contributed by atoms with Crippen molar-refractivity contribution in [2.45, 2.75) is 13.0 Å². The van der Waals surface area contributed by atoms with E-state index in [1.54, 1.807) is 12.3 Å². The van der Waals surface area contributed by atoms with E-state index < -0.39 is 0 Å². The number of nitrogens with one attached hydrogen (secondary N) is 1. The Morgan fingerprint density at radius 1 is 1.42 bits per heavy atom. The van der Waals surface area contributed by atoms with Gasteiger partial charge in [-0.05, 0) is 19.1 Å². The number of hydrogen-bond acceptors (Lipinski definition) is 5. The number of carbonyl (C=O) groups excluding carboxylic acids is 1. The van der Waals surface area contributed by atoms with Crippen LogP contribution < -0.4 is 5.32 Å². The standard InChI is InChI=1S/C17H19N5O2/c1-11-3-4-14-12(20-11)9-15(24-14)17(23)22-8-5-18-10-13(22)16-19-6-7-21(16)2/h3-4,6-7,9,13,18H,5,8,10H2,1-2H3. The lowest BCUT2D eigenvalue weighted by Crippen LogP contribution is -2.49. The van der Waals surface area contributed by atoms with Crippen molar-refractivity contribution in [3.63, 3.8) is 0 Å². The smallest absolute Gasteiger partial charge is 0.290 e. The average molecular weight is 325 g/mol. The van der Waals surface area contributed by atoms with Crippen molar-refractivity contribution in [2.75, 3.05) is 19.6 Å². The second kappa shape index (κ2) is 5.76. The number of furan rings is 1. The molecule has 3 aromatic heterocycles. The number of pyridine rings is 1. The summed E-state index contributed by atoms with van der Waals surface area (Å²) in [6.45, 7) is 3.96. The maximum Gasteiger partial charge on any atom is 0.290 e. The predicted octanol–water partition coefficient (Wildman–Crippen LogP) is 1.66. The van der Waals surface area contributed by atoms with Gasteiger partial charge in [0.1, 0.15) is 17.4 Å². The molecule has 4 heterocycles. The van der Waals surface area contributed by atoms with E-state index in [0.29, 0.717) is 29.9 Å². The molecule has 3 aromatic rings. The molecule has 0 aromatic carbocycles. The van der Waals surface area contributed by atoms with Crippen LogP contribution in [0.5, 0.6) is 0 Å². The summed E-state index contributed by atoms with van der Waals surface area (Å²) in [5.41, 5.74) is 2.24. The fourth-order valence-electron chi connectivity index (χ4n) is 3.15. The second-order valence-electron chi connectivity index (χ2n) is 6.06. The molecule has 0 saturated carbocycles. The van der Waals surface area contributed by atoms with Crippen LogP contribution in [0.2, 0.25) is 0 Å². The van der Waals surface area contributed by atoms with E-state index in [0.717, 1.165) is 18.1 Å². The minimum atomic E-state index is -0.125. The Bertz CT molecular complexity index is 897. The number of rotatable bonds is 2. The first-order valence-electron chi connectivity index (χ1n) is 7.99. The van der Waals surface area contributed by atoms with Crippen LogP contribution in [0.3, 0.4) is 0 Å². The van der Waals surface area contributed by atoms with Crippen molar-refractivity contribution in [1.29, 1.82) is 0 Å². The van der Waals surface area contributed by atoms with E-state index in [-0.39, 0.29) is 11.9 Å². The number of hydrogen-bond donors (Lipinski definition) is 1. The molecule has 1 amide bonds. The summed E-state index contributed by atoms with van der Waals surface area (Å²) >= 11 is 0. The lowest BCUT2D eigenvalue weighted by atomic mass is 10.1. The molecule has 4 rings (SSSR count). The van der Waals surface area contributed by atoms with Gasteiger partial charge in [0.2, 0.25) is 0 Å². The van der Waals surface area contributed by atoms with Crippen molar-refractivity contribution >= 4 is 17.0 Å². The molecule has 24 heavy (non-hydrogen) atoms. The summed E-state index contributed by atoms with van der Waals surface area (Å²) < 4.78 is 7.68. The Morgan fingerprint density at radius 2 is 2.29 bits per heavy atom. The molecular weight excluding hydrogens is 306 g/mol. The van der Waals surface area contributed by atoms with E-state index in [1.165, 1.54) is 0 Å². The lowest BCUT2D eigenvalue weighted by Gasteiger charge is -2.35. The van der Waals surface area contributed by atoms with Crippen LogP contribution in [0.15, 0.2) is 35.0 Å². The van der Waals surface area contributed by atoms with Crippen LogP contribution in [-0.2, 0) is 7.05 Å². The highest BCUT2D eigenvalue weighted by atomic mass is 16.3. The second-order valence-corrected chi connectivity index (χ2v) is 6.06. The molecule has 1 saturated heterocycles. The Labute approximate surface area is 139 Å². The van der Waals surface area contributed by atoms with Gasteiger partial charge in [0.15, 0.2) is 11.3 Å². The number of aromatic nitrogens is 3. The van der Waals surface area contributed by atoms with Crippen molar-refractivity contribution in [3.8, 4) is 0 Å². The molecular formula is C17H19N5O2. The molecule has 124 valence electrons. The normalized spacial score (nSPS) is 18.2. The van der Waals surface area contributed by atoms with Gasteiger partial charge in [-0.25, -0.2) is 9.97 Å². The van der Waals surface area contributed by atoms with Crippen LogP contribution in [0.1, 0.15) is 28.1 Å². The van der Waals surface area contributed by atoms with Crippen LogP contribution in [0, 0.1) is 6.92 Å². The van der Waals surface area contributed by atoms with Crippen LogP contribution >= 0.6 is 0 Å². The molecule has 1 aliphatic rings. The Morgan fingerprint density at radius 3 is 3.08 bits per heavy atom. The molecule has 0 spiro atoms. The first-order chi connectivity index (χ1) is 11.6. The minimum absolute atomic E-state index is 0.117. The highest BCUT2D eigenvalue weighted by molar-refractivity contribution is 5.95. The van der Waals surface area contributed by atoms with E-state index in [4.69, 9.17) is 4.42 Å². The molecule has 7 nitrogen and oxygen atoms in total. The SMILES string of the molecule is Cc1ccc2oc(C(=O)N3CCNCC3c3nccn3C)cc2n1. The van der Waals surface area contributed by atoms with Gasteiger partial charge in [0.05, 0.1) is 0 Å². The Hall–Kier alpha value is -2.67. The van der Waals surface area contributed by atoms with Gasteiger partial charge in [-0.1, -0.05) is 0 Å². The molecule has 1 aliphatic heterocycles. The number of imidazole rings is 1. The van der Waals surface area contributed by atoms with E-state index >= 15 is 0 Å². The number of carbonyl (C=O) groups is 1. The number of piperazine rings is 1. The van der Waals surface area contributed by atoms with Crippen molar-refractivity contribution in [1.82, 2.24) is 24.8 Å². The zero-order valence-corrected chi connectivity index (χ0v) is 13.7. The van der Waals surface area contributed by atoms with Crippen LogP contribution in [0.4, 0.5) is 0 Å². The van der Waals surface area contributed by atoms with Gasteiger partial charge < -0.3 is 19.2 Å². The summed E-state index contributed by atoms with van der Waals surface area (Å²) in [6.07, 6.45) is 3.64. The molecule has 0 radical (unpaired) electrons. The number of nitrogens with zero attached hydrogens (tertiary/aromatic N) is 4. The third-order valence-corrected chi connectivity index (χ3v) is 4.38. The van der Waals surface area contributed by atoms with Crippen LogP contribution in [0.25, 0.3) is 11.1 Å². The molecule has 1 unspecified atom stereocenters. The predicted molar refractivity (Wildman–Crippen MR) is 88.6 cm³/mol. The molecule has 1 N–H and O–H groups in total. The van der Waals surface area contributed by atoms with Gasteiger partial charge in [0.25, 0.3) is 5.91 Å². The third kappa shape index (κ3) is 2.46. The summed E-state index contributed by atoms with van der Waals surface area (Å²) in [4.78, 5) is 23.7. The number of aryl methyl sites for hydroxylation is 2. The average Bonchev–Trinajstić information content (AvgIpc) is 3.19. The molecule has 0 bridgehead atoms. The number of fused-ring (bicyclic) bond motifs is 1. The topological polar surface area (TPSA) is 76.2 Å². The summed E-state index contributed by atoms with van der Waals surface area (Å²) in [5.74, 6) is 1.06. The minimum Gasteiger partial charge on any atom is -0.449 e. The third-order valence-electron chi connectivity index (χ3n) is 4.38. The summed E-state index contributed by atoms with van der Waals surface area (Å²) in [7, 11) is 1.94. The van der Waals surface area contributed by atoms with E-state index in [2.05, 4.69) is 15.3 Å². The quantitative estimate of drug-likeness (QED) is 0.775. The fourth-order valence-corrected chi connectivity index (χ4v) is 3.15. The lowest BCUT2D eigenvalue weighted by molar-refractivity contribution is 0.0590. The van der Waals surface area contributed by atoms with Gasteiger partial charge in [-0.3, -0.25) is 4.79 Å². The number of amides is 1. The van der Waals surface area contributed by atoms with Gasteiger partial charge in [-0.15, -0.1) is 0 Å². The zero-order valence-electron chi connectivity index (χ0n) is 13.7. The van der Waals surface area contributed by atoms with E-state index in [9.17, 15) is 4.79 Å². The highest BCUT2D eigenvalue weighted by Crippen LogP contribution is 2.25. The Kier molecular flexibility index (Phi) is 3.57. The summed E-state index contributed by atoms with van der Waals surface area (Å²) in [6, 6.07) is 5.33. The molecule has 1 fully saturated rings. The maximum atomic E-state index is 13.0. The molecule has 0 aliphatic carbocycles. The molecule has 1 atom stereocenters. The van der Waals surface area contributed by atoms with Crippen LogP contribution in [-0.4, -0.2) is 45.0 Å². The zero-order chi connectivity index (χ0) is 16.7. The fraction of sp³-hybridized carbons (Fsp3) is 0.353. The molecule has 7 heteroatoms. The van der Waals surface area contributed by atoms with Crippen molar-refractivity contribution in [3.05, 3.63) is 47.9 Å². The first kappa shape index (κ1) is 14.9. The van der Waals surface area contributed by atoms with Gasteiger partial charge in [-0.2, -0.15) is 0 Å².